The number of H-pyrrole nitrogens is 2. The van der Waals surface area contributed by atoms with Gasteiger partial charge in [0.05, 0.1) is 35.1 Å². The lowest BCUT2D eigenvalue weighted by Gasteiger charge is -2.50. The molecule has 3 aromatic rings. The standard InChI is InChI=1S/C22H26N6O/c29-21(15-5-6-15)28-10-7-18-20(24-14-23-18)22(28)8-11-27(12-9-22)13-19-25-16-3-1-2-4-17(16)26-19/h1-4,14-15H,5-13H2,(H,23,24)(H,25,26). The monoisotopic (exact) mass is 390 g/mol. The molecule has 1 saturated heterocycles. The molecule has 7 heteroatoms. The smallest absolute Gasteiger partial charge is 0.226 e. The Morgan fingerprint density at radius 2 is 2.00 bits per heavy atom. The van der Waals surface area contributed by atoms with Gasteiger partial charge in [0.15, 0.2) is 0 Å². The molecule has 1 amide bonds. The molecule has 150 valence electrons. The van der Waals surface area contributed by atoms with Gasteiger partial charge in [-0.2, -0.15) is 0 Å². The van der Waals surface area contributed by atoms with E-state index in [1.54, 1.807) is 6.33 Å². The van der Waals surface area contributed by atoms with Gasteiger partial charge in [-0.05, 0) is 37.8 Å². The maximum atomic E-state index is 13.1. The molecule has 2 aromatic heterocycles. The van der Waals surface area contributed by atoms with Gasteiger partial charge in [0, 0.05) is 37.7 Å². The highest BCUT2D eigenvalue weighted by Crippen LogP contribution is 2.45. The maximum absolute atomic E-state index is 13.1. The summed E-state index contributed by atoms with van der Waals surface area (Å²) in [5.74, 6) is 1.61. The molecule has 0 radical (unpaired) electrons. The van der Waals surface area contributed by atoms with Crippen molar-refractivity contribution in [3.63, 3.8) is 0 Å². The molecule has 0 bridgehead atoms. The lowest BCUT2D eigenvalue weighted by atomic mass is 9.78. The van der Waals surface area contributed by atoms with Gasteiger partial charge in [-0.1, -0.05) is 12.1 Å². The van der Waals surface area contributed by atoms with Gasteiger partial charge in [0.2, 0.25) is 5.91 Å². The lowest BCUT2D eigenvalue weighted by molar-refractivity contribution is -0.143. The third-order valence-electron chi connectivity index (χ3n) is 6.95. The quantitative estimate of drug-likeness (QED) is 0.720. The number of rotatable bonds is 3. The van der Waals surface area contributed by atoms with Crippen LogP contribution < -0.4 is 0 Å². The van der Waals surface area contributed by atoms with Gasteiger partial charge < -0.3 is 14.9 Å². The number of likely N-dealkylation sites (tertiary alicyclic amines) is 1. The zero-order chi connectivity index (χ0) is 19.4. The minimum atomic E-state index is -0.238. The molecule has 6 rings (SSSR count). The van der Waals surface area contributed by atoms with Gasteiger partial charge in [0.25, 0.3) is 0 Å². The van der Waals surface area contributed by atoms with Crippen LogP contribution in [0.5, 0.6) is 0 Å². The van der Waals surface area contributed by atoms with E-state index in [2.05, 4.69) is 25.8 Å². The first-order chi connectivity index (χ1) is 14.2. The molecule has 2 aliphatic heterocycles. The van der Waals surface area contributed by atoms with E-state index in [-0.39, 0.29) is 11.5 Å². The van der Waals surface area contributed by atoms with E-state index in [4.69, 9.17) is 9.97 Å². The Kier molecular flexibility index (Phi) is 3.81. The number of para-hydroxylation sites is 2. The van der Waals surface area contributed by atoms with Crippen LogP contribution in [0.4, 0.5) is 0 Å². The zero-order valence-corrected chi connectivity index (χ0v) is 16.5. The fraction of sp³-hybridized carbons (Fsp3) is 0.500. The Labute approximate surface area is 169 Å². The highest BCUT2D eigenvalue weighted by Gasteiger charge is 2.50. The van der Waals surface area contributed by atoms with Crippen molar-refractivity contribution in [1.29, 1.82) is 0 Å². The number of carbonyl (C=O) groups excluding carboxylic acids is 1. The summed E-state index contributed by atoms with van der Waals surface area (Å²) in [6.07, 6.45) is 6.66. The second kappa shape index (κ2) is 6.42. The first-order valence-corrected chi connectivity index (χ1v) is 10.7. The fourth-order valence-corrected chi connectivity index (χ4v) is 5.23. The van der Waals surface area contributed by atoms with Crippen molar-refractivity contribution in [3.05, 3.63) is 47.8 Å². The summed E-state index contributed by atoms with van der Waals surface area (Å²) < 4.78 is 0. The Hall–Kier alpha value is -2.67. The van der Waals surface area contributed by atoms with Crippen LogP contribution in [0.3, 0.4) is 0 Å². The van der Waals surface area contributed by atoms with E-state index < -0.39 is 0 Å². The van der Waals surface area contributed by atoms with E-state index in [1.165, 1.54) is 5.69 Å². The van der Waals surface area contributed by atoms with Crippen molar-refractivity contribution >= 4 is 16.9 Å². The number of benzene rings is 1. The lowest BCUT2D eigenvalue weighted by Crippen LogP contribution is -2.58. The summed E-state index contributed by atoms with van der Waals surface area (Å²) >= 11 is 0. The summed E-state index contributed by atoms with van der Waals surface area (Å²) in [5, 5.41) is 0. The minimum absolute atomic E-state index is 0.238. The van der Waals surface area contributed by atoms with Crippen LogP contribution in [0, 0.1) is 5.92 Å². The highest BCUT2D eigenvalue weighted by atomic mass is 16.2. The molecule has 0 unspecified atom stereocenters. The molecule has 29 heavy (non-hydrogen) atoms. The fourth-order valence-electron chi connectivity index (χ4n) is 5.23. The SMILES string of the molecule is O=C(C1CC1)N1CCc2[nH]cnc2C12CCN(Cc1nc3ccccc3[nH]1)CC2. The number of piperidine rings is 1. The molecule has 1 saturated carbocycles. The number of imidazole rings is 2. The Morgan fingerprint density at radius 3 is 2.79 bits per heavy atom. The van der Waals surface area contributed by atoms with Crippen molar-refractivity contribution in [2.24, 2.45) is 5.92 Å². The first kappa shape index (κ1) is 17.2. The average Bonchev–Trinajstić information content (AvgIpc) is 3.33. The number of hydrogen-bond acceptors (Lipinski definition) is 4. The number of fused-ring (bicyclic) bond motifs is 3. The molecule has 1 spiro atoms. The van der Waals surface area contributed by atoms with Gasteiger partial charge >= 0.3 is 0 Å². The van der Waals surface area contributed by atoms with E-state index in [9.17, 15) is 4.79 Å². The van der Waals surface area contributed by atoms with Crippen LogP contribution in [-0.2, 0) is 23.3 Å². The molecular weight excluding hydrogens is 364 g/mol. The third kappa shape index (κ3) is 2.79. The molecule has 1 aliphatic carbocycles. The van der Waals surface area contributed by atoms with Crippen LogP contribution in [0.15, 0.2) is 30.6 Å². The van der Waals surface area contributed by atoms with Crippen LogP contribution in [0.25, 0.3) is 11.0 Å². The Morgan fingerprint density at radius 1 is 1.17 bits per heavy atom. The van der Waals surface area contributed by atoms with Crippen LogP contribution in [-0.4, -0.2) is 55.3 Å². The summed E-state index contributed by atoms with van der Waals surface area (Å²) in [4.78, 5) is 33.9. The number of amides is 1. The second-order valence-electron chi connectivity index (χ2n) is 8.75. The summed E-state index contributed by atoms with van der Waals surface area (Å²) in [7, 11) is 0. The average molecular weight is 390 g/mol. The molecule has 1 aromatic carbocycles. The number of hydrogen-bond donors (Lipinski definition) is 2. The largest absolute Gasteiger partial charge is 0.348 e. The zero-order valence-electron chi connectivity index (χ0n) is 16.5. The topological polar surface area (TPSA) is 80.9 Å². The van der Waals surface area contributed by atoms with Crippen LogP contribution in [0.1, 0.15) is 42.9 Å². The molecular formula is C22H26N6O. The minimum Gasteiger partial charge on any atom is -0.348 e. The van der Waals surface area contributed by atoms with Crippen LogP contribution in [0.2, 0.25) is 0 Å². The number of aromatic amines is 2. The summed E-state index contributed by atoms with van der Waals surface area (Å²) in [5.41, 5.74) is 4.20. The highest BCUT2D eigenvalue weighted by molar-refractivity contribution is 5.82. The number of nitrogens with one attached hydrogen (secondary N) is 2. The molecule has 2 N–H and O–H groups in total. The summed E-state index contributed by atoms with van der Waals surface area (Å²) in [6, 6.07) is 8.17. The third-order valence-corrected chi connectivity index (χ3v) is 6.95. The molecule has 7 nitrogen and oxygen atoms in total. The van der Waals surface area contributed by atoms with Gasteiger partial charge in [-0.25, -0.2) is 9.97 Å². The maximum Gasteiger partial charge on any atom is 0.226 e. The molecule has 2 fully saturated rings. The molecule has 3 aliphatic rings. The van der Waals surface area contributed by atoms with Crippen molar-refractivity contribution in [2.75, 3.05) is 19.6 Å². The number of aromatic nitrogens is 4. The molecule has 0 atom stereocenters. The van der Waals surface area contributed by atoms with Crippen molar-refractivity contribution in [2.45, 2.75) is 44.2 Å². The number of nitrogens with zero attached hydrogens (tertiary/aromatic N) is 4. The van der Waals surface area contributed by atoms with Crippen molar-refractivity contribution in [3.8, 4) is 0 Å². The Balaban J connectivity index is 1.24. The predicted molar refractivity (Wildman–Crippen MR) is 109 cm³/mol. The van der Waals surface area contributed by atoms with Crippen molar-refractivity contribution in [1.82, 2.24) is 29.7 Å². The molecule has 4 heterocycles. The van der Waals surface area contributed by atoms with E-state index >= 15 is 0 Å². The predicted octanol–water partition coefficient (Wildman–Crippen LogP) is 2.57. The van der Waals surface area contributed by atoms with E-state index in [1.807, 2.05) is 18.2 Å². The van der Waals surface area contributed by atoms with Gasteiger partial charge in [-0.3, -0.25) is 9.69 Å². The normalized spacial score (nSPS) is 21.6. The second-order valence-corrected chi connectivity index (χ2v) is 8.75. The van der Waals surface area contributed by atoms with Gasteiger partial charge in [-0.15, -0.1) is 0 Å². The van der Waals surface area contributed by atoms with E-state index in [0.29, 0.717) is 5.91 Å². The first-order valence-electron chi connectivity index (χ1n) is 10.7. The Bertz CT molecular complexity index is 1020. The number of carbonyl (C=O) groups is 1. The van der Waals surface area contributed by atoms with Gasteiger partial charge in [0.1, 0.15) is 5.82 Å². The van der Waals surface area contributed by atoms with Crippen molar-refractivity contribution < 1.29 is 4.79 Å². The van der Waals surface area contributed by atoms with E-state index in [0.717, 1.165) is 80.8 Å². The van der Waals surface area contributed by atoms with Crippen LogP contribution >= 0.6 is 0 Å². The summed E-state index contributed by atoms with van der Waals surface area (Å²) in [6.45, 7) is 3.51.